The lowest BCUT2D eigenvalue weighted by Crippen LogP contribution is -2.41. The number of hydrogen-bond acceptors (Lipinski definition) is 3. The van der Waals surface area contributed by atoms with Gasteiger partial charge in [-0.15, -0.1) is 0 Å². The van der Waals surface area contributed by atoms with Crippen LogP contribution >= 0.6 is 0 Å². The van der Waals surface area contributed by atoms with Crippen LogP contribution < -0.4 is 10.2 Å². The highest BCUT2D eigenvalue weighted by atomic mass is 16.5. The molecule has 3 aromatic carbocycles. The first-order valence-electron chi connectivity index (χ1n) is 11.1. The van der Waals surface area contributed by atoms with E-state index in [0.29, 0.717) is 19.6 Å². The van der Waals surface area contributed by atoms with Gasteiger partial charge in [0.2, 0.25) is 0 Å². The van der Waals surface area contributed by atoms with E-state index in [0.717, 1.165) is 17.7 Å². The Balaban J connectivity index is 1.51. The molecule has 0 radical (unpaired) electrons. The van der Waals surface area contributed by atoms with E-state index >= 15 is 0 Å². The number of carbonyl (C=O) groups is 1. The largest absolute Gasteiger partial charge is 0.497 e. The summed E-state index contributed by atoms with van der Waals surface area (Å²) in [5.41, 5.74) is 9.38. The summed E-state index contributed by atoms with van der Waals surface area (Å²) >= 11 is 0. The molecule has 1 saturated heterocycles. The fourth-order valence-electron chi connectivity index (χ4n) is 4.10. The van der Waals surface area contributed by atoms with Gasteiger partial charge in [0.15, 0.2) is 0 Å². The van der Waals surface area contributed by atoms with Gasteiger partial charge in [-0.25, -0.2) is 10.2 Å². The third-order valence-electron chi connectivity index (χ3n) is 6.24. The molecule has 1 unspecified atom stereocenters. The van der Waals surface area contributed by atoms with Gasteiger partial charge in [-0.1, -0.05) is 60.7 Å². The second kappa shape index (κ2) is 9.88. The van der Waals surface area contributed by atoms with Gasteiger partial charge < -0.3 is 9.64 Å². The summed E-state index contributed by atoms with van der Waals surface area (Å²) in [6, 6.07) is 24.8. The molecule has 4 rings (SSSR count). The molecular formula is C27H31N3O2. The fourth-order valence-corrected chi connectivity index (χ4v) is 4.10. The lowest BCUT2D eigenvalue weighted by molar-refractivity contribution is 0.171. The summed E-state index contributed by atoms with van der Waals surface area (Å²) in [6.45, 7) is 6.15. The molecule has 5 heteroatoms. The molecule has 2 amide bonds. The number of urea groups is 1. The zero-order chi connectivity index (χ0) is 22.5. The number of hydrazine groups is 1. The van der Waals surface area contributed by atoms with Crippen LogP contribution in [0, 0.1) is 13.8 Å². The molecule has 5 nitrogen and oxygen atoms in total. The van der Waals surface area contributed by atoms with Crippen LogP contribution in [0.3, 0.4) is 0 Å². The van der Waals surface area contributed by atoms with Crippen molar-refractivity contribution in [2.75, 3.05) is 20.2 Å². The van der Waals surface area contributed by atoms with Crippen LogP contribution in [0.25, 0.3) is 0 Å². The Morgan fingerprint density at radius 2 is 1.69 bits per heavy atom. The quantitative estimate of drug-likeness (QED) is 0.546. The number of rotatable bonds is 8. The molecule has 1 heterocycles. The number of methoxy groups -OCH3 is 1. The van der Waals surface area contributed by atoms with Crippen molar-refractivity contribution in [3.05, 3.63) is 101 Å². The molecule has 0 aromatic heterocycles. The molecular weight excluding hydrogens is 398 g/mol. The lowest BCUT2D eigenvalue weighted by Gasteiger charge is -2.24. The van der Waals surface area contributed by atoms with Crippen molar-refractivity contribution < 1.29 is 9.53 Å². The van der Waals surface area contributed by atoms with Crippen molar-refractivity contribution in [2.45, 2.75) is 32.9 Å². The second-order valence-corrected chi connectivity index (χ2v) is 8.36. The molecule has 166 valence electrons. The molecule has 0 bridgehead atoms. The van der Waals surface area contributed by atoms with Gasteiger partial charge >= 0.3 is 6.03 Å². The molecule has 0 aliphatic carbocycles. The van der Waals surface area contributed by atoms with E-state index in [2.05, 4.69) is 61.7 Å². The van der Waals surface area contributed by atoms with Crippen LogP contribution in [0.5, 0.6) is 5.75 Å². The smallest absolute Gasteiger partial charge is 0.335 e. The van der Waals surface area contributed by atoms with Gasteiger partial charge in [-0.3, -0.25) is 5.01 Å². The number of hydrogen-bond donors (Lipinski definition) is 1. The van der Waals surface area contributed by atoms with Gasteiger partial charge in [-0.2, -0.15) is 0 Å². The van der Waals surface area contributed by atoms with Crippen molar-refractivity contribution in [1.29, 1.82) is 0 Å². The van der Waals surface area contributed by atoms with Crippen LogP contribution in [0.2, 0.25) is 0 Å². The van der Waals surface area contributed by atoms with Crippen LogP contribution in [0.15, 0.2) is 72.8 Å². The Hall–Kier alpha value is -3.31. The van der Waals surface area contributed by atoms with E-state index in [1.165, 1.54) is 22.3 Å². The van der Waals surface area contributed by atoms with Crippen LogP contribution in [-0.2, 0) is 13.0 Å². The van der Waals surface area contributed by atoms with Gasteiger partial charge in [0.1, 0.15) is 5.75 Å². The predicted molar refractivity (Wildman–Crippen MR) is 127 cm³/mol. The molecule has 1 aliphatic rings. The lowest BCUT2D eigenvalue weighted by atomic mass is 10.0. The molecule has 3 aromatic rings. The Kier molecular flexibility index (Phi) is 6.76. The summed E-state index contributed by atoms with van der Waals surface area (Å²) in [7, 11) is 1.67. The summed E-state index contributed by atoms with van der Waals surface area (Å²) in [5, 5.41) is 1.76. The van der Waals surface area contributed by atoms with E-state index < -0.39 is 0 Å². The fraction of sp³-hybridized carbons (Fsp3) is 0.296. The zero-order valence-electron chi connectivity index (χ0n) is 19.0. The van der Waals surface area contributed by atoms with Gasteiger partial charge in [0.05, 0.1) is 19.7 Å². The number of amides is 2. The number of nitrogens with zero attached hydrogens (tertiary/aromatic N) is 2. The number of benzene rings is 3. The van der Waals surface area contributed by atoms with Crippen molar-refractivity contribution in [3.8, 4) is 5.75 Å². The number of carbonyl (C=O) groups excluding carboxylic acids is 1. The molecule has 1 N–H and O–H groups in total. The van der Waals surface area contributed by atoms with Crippen molar-refractivity contribution in [2.24, 2.45) is 0 Å². The maximum absolute atomic E-state index is 13.4. The van der Waals surface area contributed by atoms with E-state index in [1.807, 2.05) is 35.2 Å². The average molecular weight is 430 g/mol. The van der Waals surface area contributed by atoms with Gasteiger partial charge in [0.25, 0.3) is 0 Å². The minimum absolute atomic E-state index is 0.0170. The highest BCUT2D eigenvalue weighted by molar-refractivity contribution is 5.77. The highest BCUT2D eigenvalue weighted by Gasteiger charge is 2.38. The Morgan fingerprint density at radius 1 is 0.938 bits per heavy atom. The molecule has 1 fully saturated rings. The number of nitrogens with one attached hydrogen (secondary N) is 1. The molecule has 32 heavy (non-hydrogen) atoms. The van der Waals surface area contributed by atoms with Crippen LogP contribution in [0.1, 0.15) is 33.9 Å². The Bertz CT molecular complexity index is 1050. The number of aryl methyl sites for hydroxylation is 2. The van der Waals surface area contributed by atoms with E-state index in [9.17, 15) is 4.79 Å². The normalized spacial score (nSPS) is 16.0. The first-order valence-corrected chi connectivity index (χ1v) is 11.1. The highest BCUT2D eigenvalue weighted by Crippen LogP contribution is 2.30. The SMILES string of the molecule is COc1ccc(CCN2C(=O)N(NCc3ccccc3)CC2c2ccc(C)c(C)c2)cc1. The van der Waals surface area contributed by atoms with Gasteiger partial charge in [-0.05, 0) is 60.2 Å². The van der Waals surface area contributed by atoms with Crippen LogP contribution in [-0.4, -0.2) is 36.1 Å². The first-order chi connectivity index (χ1) is 15.5. The standard InChI is InChI=1S/C27H31N3O2/c1-20-9-12-24(17-21(20)2)26-19-30(28-18-23-7-5-4-6-8-23)27(31)29(26)16-15-22-10-13-25(32-3)14-11-22/h4-14,17,26,28H,15-16,18-19H2,1-3H3. The number of ether oxygens (including phenoxy) is 1. The third-order valence-corrected chi connectivity index (χ3v) is 6.24. The summed E-state index contributed by atoms with van der Waals surface area (Å²) in [6.07, 6.45) is 0.795. The second-order valence-electron chi connectivity index (χ2n) is 8.36. The minimum Gasteiger partial charge on any atom is -0.497 e. The molecule has 1 aliphatic heterocycles. The molecule has 0 saturated carbocycles. The predicted octanol–water partition coefficient (Wildman–Crippen LogP) is 5.04. The van der Waals surface area contributed by atoms with E-state index in [4.69, 9.17) is 4.74 Å². The molecule has 0 spiro atoms. The summed E-state index contributed by atoms with van der Waals surface area (Å²) in [4.78, 5) is 15.3. The maximum atomic E-state index is 13.4. The summed E-state index contributed by atoms with van der Waals surface area (Å²) in [5.74, 6) is 0.843. The third kappa shape index (κ3) is 4.94. The first kappa shape index (κ1) is 21.9. The van der Waals surface area contributed by atoms with Crippen molar-refractivity contribution in [3.63, 3.8) is 0 Å². The zero-order valence-corrected chi connectivity index (χ0v) is 19.0. The summed E-state index contributed by atoms with van der Waals surface area (Å²) < 4.78 is 5.26. The monoisotopic (exact) mass is 429 g/mol. The van der Waals surface area contributed by atoms with Crippen molar-refractivity contribution >= 4 is 6.03 Å². The van der Waals surface area contributed by atoms with Crippen LogP contribution in [0.4, 0.5) is 4.79 Å². The topological polar surface area (TPSA) is 44.8 Å². The van der Waals surface area contributed by atoms with Crippen molar-refractivity contribution in [1.82, 2.24) is 15.3 Å². The Morgan fingerprint density at radius 3 is 2.38 bits per heavy atom. The van der Waals surface area contributed by atoms with Gasteiger partial charge in [0, 0.05) is 13.1 Å². The van der Waals surface area contributed by atoms with E-state index in [1.54, 1.807) is 12.1 Å². The average Bonchev–Trinajstić information content (AvgIpc) is 3.14. The molecule has 1 atom stereocenters. The maximum Gasteiger partial charge on any atom is 0.335 e. The minimum atomic E-state index is 0.0170. The van der Waals surface area contributed by atoms with E-state index in [-0.39, 0.29) is 12.1 Å². The Labute approximate surface area is 190 Å².